The number of allylic oxidation sites excluding steroid dienone is 1. The van der Waals surface area contributed by atoms with E-state index in [1.54, 1.807) is 13.2 Å². The highest BCUT2D eigenvalue weighted by atomic mass is 16.5. The molecule has 6 rings (SSSR count). The van der Waals surface area contributed by atoms with Crippen LogP contribution in [0.25, 0.3) is 17.0 Å². The molecule has 1 aliphatic carbocycles. The molecule has 1 saturated carbocycles. The van der Waals surface area contributed by atoms with Gasteiger partial charge < -0.3 is 34.3 Å². The van der Waals surface area contributed by atoms with Crippen LogP contribution in [0, 0.1) is 0 Å². The third-order valence-corrected chi connectivity index (χ3v) is 7.52. The van der Waals surface area contributed by atoms with Gasteiger partial charge in [-0.25, -0.2) is 0 Å². The van der Waals surface area contributed by atoms with Crippen molar-refractivity contribution in [1.82, 2.24) is 9.47 Å². The zero-order valence-corrected chi connectivity index (χ0v) is 20.2. The fraction of sp³-hybridized carbons (Fsp3) is 0.393. The van der Waals surface area contributed by atoms with Crippen molar-refractivity contribution in [2.45, 2.75) is 44.2 Å². The van der Waals surface area contributed by atoms with E-state index in [2.05, 4.69) is 15.5 Å². The van der Waals surface area contributed by atoms with Crippen molar-refractivity contribution in [2.24, 2.45) is 0 Å². The first-order chi connectivity index (χ1) is 17.4. The average Bonchev–Trinajstić information content (AvgIpc) is 3.59. The Kier molecular flexibility index (Phi) is 5.65. The van der Waals surface area contributed by atoms with Gasteiger partial charge in [0.05, 0.1) is 13.2 Å². The third-order valence-electron chi connectivity index (χ3n) is 7.52. The molecule has 3 N–H and O–H groups in total. The molecular weight excluding hydrogens is 460 g/mol. The topological polar surface area (TPSA) is 104 Å². The Balaban J connectivity index is 1.43. The number of phenols is 2. The Morgan fingerprint density at radius 3 is 2.58 bits per heavy atom. The number of rotatable bonds is 6. The van der Waals surface area contributed by atoms with Crippen molar-refractivity contribution in [2.75, 3.05) is 26.7 Å². The number of ether oxygens (including phenoxy) is 2. The number of likely N-dealkylation sites (tertiary alicyclic amines) is 1. The summed E-state index contributed by atoms with van der Waals surface area (Å²) in [5.41, 5.74) is 3.26. The van der Waals surface area contributed by atoms with Gasteiger partial charge in [-0.2, -0.15) is 0 Å². The number of carbonyl (C=O) groups excluding carboxylic acids is 1. The Hall–Kier alpha value is -3.49. The predicted octanol–water partition coefficient (Wildman–Crippen LogP) is 4.01. The molecule has 3 aromatic rings. The fourth-order valence-corrected chi connectivity index (χ4v) is 5.49. The molecule has 8 nitrogen and oxygen atoms in total. The van der Waals surface area contributed by atoms with Crippen LogP contribution in [0.15, 0.2) is 36.1 Å². The number of aliphatic hydroxyl groups is 1. The number of carbonyl (C=O) groups is 1. The van der Waals surface area contributed by atoms with Gasteiger partial charge in [-0.15, -0.1) is 0 Å². The number of aromatic hydroxyl groups is 2. The average molecular weight is 491 g/mol. The van der Waals surface area contributed by atoms with E-state index < -0.39 is 5.78 Å². The van der Waals surface area contributed by atoms with Gasteiger partial charge in [0.2, 0.25) is 5.78 Å². The van der Waals surface area contributed by atoms with Gasteiger partial charge in [-0.05, 0) is 55.9 Å². The summed E-state index contributed by atoms with van der Waals surface area (Å²) in [4.78, 5) is 15.6. The molecule has 188 valence electrons. The van der Waals surface area contributed by atoms with E-state index >= 15 is 0 Å². The smallest absolute Gasteiger partial charge is 0.235 e. The number of aliphatic hydroxyl groups excluding tert-OH is 1. The molecule has 0 atom stereocenters. The molecule has 0 spiro atoms. The standard InChI is InChI=1S/C28H30N2O6/c1-35-19-4-5-22-20(14-19)21(15-25-28(34)26-23(33)12-18(32)13-24(26)36-25)27(16-2-3-16)30(22)11-10-29-8-6-17(31)7-9-29/h4-5,12-17,31-33H,2-3,6-11H2,1H3. The minimum Gasteiger partial charge on any atom is -0.508 e. The second-order valence-corrected chi connectivity index (χ2v) is 9.96. The Morgan fingerprint density at radius 2 is 1.86 bits per heavy atom. The van der Waals surface area contributed by atoms with Gasteiger partial charge in [0.15, 0.2) is 5.76 Å². The van der Waals surface area contributed by atoms with Crippen LogP contribution in [0.5, 0.6) is 23.0 Å². The lowest BCUT2D eigenvalue weighted by molar-refractivity contribution is 0.0810. The second kappa shape index (κ2) is 8.87. The molecule has 1 aromatic heterocycles. The van der Waals surface area contributed by atoms with Crippen molar-refractivity contribution in [1.29, 1.82) is 0 Å². The number of nitrogens with zero attached hydrogens (tertiary/aromatic N) is 2. The zero-order chi connectivity index (χ0) is 25.0. The first kappa shape index (κ1) is 22.9. The second-order valence-electron chi connectivity index (χ2n) is 9.96. The van der Waals surface area contributed by atoms with E-state index in [9.17, 15) is 20.1 Å². The Bertz CT molecular complexity index is 1380. The maximum absolute atomic E-state index is 13.2. The van der Waals surface area contributed by atoms with Crippen LogP contribution in [0.3, 0.4) is 0 Å². The number of Topliss-reactive ketones (excluding diaryl/α,β-unsaturated/α-hetero) is 1. The van der Waals surface area contributed by atoms with Gasteiger partial charge in [-0.3, -0.25) is 4.79 Å². The molecule has 2 fully saturated rings. The van der Waals surface area contributed by atoms with Crippen molar-refractivity contribution in [3.63, 3.8) is 0 Å². The van der Waals surface area contributed by atoms with E-state index in [0.29, 0.717) is 5.92 Å². The number of methoxy groups -OCH3 is 1. The largest absolute Gasteiger partial charge is 0.508 e. The van der Waals surface area contributed by atoms with Crippen LogP contribution in [-0.2, 0) is 6.54 Å². The summed E-state index contributed by atoms with van der Waals surface area (Å²) < 4.78 is 13.7. The minimum atomic E-state index is -0.403. The van der Waals surface area contributed by atoms with Gasteiger partial charge in [0.25, 0.3) is 0 Å². The first-order valence-electron chi connectivity index (χ1n) is 12.5. The number of aromatic nitrogens is 1. The molecule has 2 aliphatic heterocycles. The maximum atomic E-state index is 13.2. The van der Waals surface area contributed by atoms with E-state index in [4.69, 9.17) is 9.47 Å². The maximum Gasteiger partial charge on any atom is 0.235 e. The van der Waals surface area contributed by atoms with Crippen LogP contribution in [0.4, 0.5) is 0 Å². The van der Waals surface area contributed by atoms with E-state index in [0.717, 1.165) is 80.1 Å². The number of ketones is 1. The lowest BCUT2D eigenvalue weighted by Gasteiger charge is -2.29. The molecule has 1 saturated heterocycles. The fourth-order valence-electron chi connectivity index (χ4n) is 5.49. The van der Waals surface area contributed by atoms with Gasteiger partial charge in [0.1, 0.15) is 28.6 Å². The number of piperidine rings is 1. The molecular formula is C28H30N2O6. The lowest BCUT2D eigenvalue weighted by Crippen LogP contribution is -2.37. The molecule has 0 unspecified atom stereocenters. The van der Waals surface area contributed by atoms with Crippen LogP contribution in [-0.4, -0.2) is 63.4 Å². The molecule has 0 bridgehead atoms. The summed E-state index contributed by atoms with van der Waals surface area (Å²) >= 11 is 0. The van der Waals surface area contributed by atoms with E-state index in [1.807, 2.05) is 12.1 Å². The SMILES string of the molecule is COc1ccc2c(c1)c(C=C1Oc3cc(O)cc(O)c3C1=O)c(C1CC1)n2CCN1CCC(O)CC1. The van der Waals surface area contributed by atoms with Crippen molar-refractivity contribution in [3.05, 3.63) is 52.9 Å². The quantitative estimate of drug-likeness (QED) is 0.449. The highest BCUT2D eigenvalue weighted by Gasteiger charge is 2.35. The van der Waals surface area contributed by atoms with E-state index in [-0.39, 0.29) is 34.7 Å². The Morgan fingerprint density at radius 1 is 1.08 bits per heavy atom. The van der Waals surface area contributed by atoms with Crippen LogP contribution in [0.2, 0.25) is 0 Å². The summed E-state index contributed by atoms with van der Waals surface area (Å²) in [5.74, 6) is 0.554. The number of fused-ring (bicyclic) bond motifs is 2. The molecule has 0 radical (unpaired) electrons. The predicted molar refractivity (Wildman–Crippen MR) is 135 cm³/mol. The molecule has 8 heteroatoms. The zero-order valence-electron chi connectivity index (χ0n) is 20.2. The molecule has 3 heterocycles. The van der Waals surface area contributed by atoms with Crippen LogP contribution < -0.4 is 9.47 Å². The summed E-state index contributed by atoms with van der Waals surface area (Å²) in [7, 11) is 1.64. The summed E-state index contributed by atoms with van der Waals surface area (Å²) in [5, 5.41) is 30.9. The summed E-state index contributed by atoms with van der Waals surface area (Å²) in [6.45, 7) is 3.46. The number of benzene rings is 2. The van der Waals surface area contributed by atoms with Crippen molar-refractivity contribution in [3.8, 4) is 23.0 Å². The number of phenolic OH excluding ortho intramolecular Hbond substituents is 2. The monoisotopic (exact) mass is 490 g/mol. The van der Waals surface area contributed by atoms with Crippen molar-refractivity contribution >= 4 is 22.8 Å². The summed E-state index contributed by atoms with van der Waals surface area (Å²) in [6, 6.07) is 8.51. The van der Waals surface area contributed by atoms with Crippen molar-refractivity contribution < 1.29 is 29.6 Å². The van der Waals surface area contributed by atoms with Gasteiger partial charge >= 0.3 is 0 Å². The summed E-state index contributed by atoms with van der Waals surface area (Å²) in [6.07, 6.45) is 5.36. The lowest BCUT2D eigenvalue weighted by atomic mass is 10.0. The van der Waals surface area contributed by atoms with Gasteiger partial charge in [-0.1, -0.05) is 0 Å². The molecule has 0 amide bonds. The van der Waals surface area contributed by atoms with Crippen LogP contribution in [0.1, 0.15) is 53.2 Å². The molecule has 36 heavy (non-hydrogen) atoms. The Labute approximate surface area is 209 Å². The minimum absolute atomic E-state index is 0.0700. The number of hydrogen-bond acceptors (Lipinski definition) is 7. The highest BCUT2D eigenvalue weighted by molar-refractivity contribution is 6.17. The normalized spacial score (nSPS) is 19.7. The highest BCUT2D eigenvalue weighted by Crippen LogP contribution is 2.47. The first-order valence-corrected chi connectivity index (χ1v) is 12.5. The molecule has 2 aromatic carbocycles. The third kappa shape index (κ3) is 4.00. The van der Waals surface area contributed by atoms with Gasteiger partial charge in [0, 0.05) is 60.5 Å². The van der Waals surface area contributed by atoms with Crippen LogP contribution >= 0.6 is 0 Å². The molecule has 3 aliphatic rings. The van der Waals surface area contributed by atoms with E-state index in [1.165, 1.54) is 11.8 Å². The number of hydrogen-bond donors (Lipinski definition) is 3.